The minimum absolute atomic E-state index is 0.662. The summed E-state index contributed by atoms with van der Waals surface area (Å²) in [5, 5.41) is 8.77. The highest BCUT2D eigenvalue weighted by molar-refractivity contribution is 8.00. The van der Waals surface area contributed by atoms with Gasteiger partial charge in [-0.1, -0.05) is 13.8 Å². The molecule has 1 aliphatic rings. The van der Waals surface area contributed by atoms with E-state index in [9.17, 15) is 0 Å². The van der Waals surface area contributed by atoms with Gasteiger partial charge in [-0.3, -0.25) is 4.99 Å². The molecule has 0 bridgehead atoms. The van der Waals surface area contributed by atoms with Crippen molar-refractivity contribution in [3.8, 4) is 0 Å². The Morgan fingerprint density at radius 3 is 3.00 bits per heavy atom. The third-order valence-corrected chi connectivity index (χ3v) is 5.78. The van der Waals surface area contributed by atoms with Crippen LogP contribution in [-0.4, -0.2) is 35.5 Å². The fourth-order valence-corrected chi connectivity index (χ4v) is 4.56. The van der Waals surface area contributed by atoms with Gasteiger partial charge in [-0.2, -0.15) is 11.8 Å². The molecule has 21 heavy (non-hydrogen) atoms. The van der Waals surface area contributed by atoms with Gasteiger partial charge in [0, 0.05) is 36.3 Å². The SMILES string of the molecule is CN=C(NCc1cnc(CC(C)C)s1)NCC1CCCS1. The molecule has 118 valence electrons. The van der Waals surface area contributed by atoms with Crippen LogP contribution in [0.15, 0.2) is 11.2 Å². The van der Waals surface area contributed by atoms with Crippen LogP contribution in [0.5, 0.6) is 0 Å². The summed E-state index contributed by atoms with van der Waals surface area (Å²) in [6.07, 6.45) is 5.72. The van der Waals surface area contributed by atoms with Crippen LogP contribution in [0.1, 0.15) is 36.6 Å². The number of aromatic nitrogens is 1. The van der Waals surface area contributed by atoms with Gasteiger partial charge in [-0.25, -0.2) is 4.98 Å². The van der Waals surface area contributed by atoms with Crippen LogP contribution < -0.4 is 10.6 Å². The van der Waals surface area contributed by atoms with E-state index in [4.69, 9.17) is 0 Å². The molecular formula is C15H26N4S2. The van der Waals surface area contributed by atoms with E-state index in [1.807, 2.05) is 13.2 Å². The lowest BCUT2D eigenvalue weighted by Gasteiger charge is -2.14. The maximum absolute atomic E-state index is 4.48. The predicted octanol–water partition coefficient (Wildman–Crippen LogP) is 2.90. The van der Waals surface area contributed by atoms with E-state index in [1.165, 1.54) is 28.5 Å². The lowest BCUT2D eigenvalue weighted by Crippen LogP contribution is -2.39. The van der Waals surface area contributed by atoms with Crippen LogP contribution >= 0.6 is 23.1 Å². The molecule has 1 unspecified atom stereocenters. The van der Waals surface area contributed by atoms with Crippen LogP contribution in [0, 0.1) is 5.92 Å². The van der Waals surface area contributed by atoms with Gasteiger partial charge in [0.1, 0.15) is 0 Å². The molecule has 1 atom stereocenters. The monoisotopic (exact) mass is 326 g/mol. The van der Waals surface area contributed by atoms with E-state index in [-0.39, 0.29) is 0 Å². The molecule has 1 saturated heterocycles. The van der Waals surface area contributed by atoms with E-state index >= 15 is 0 Å². The molecule has 0 radical (unpaired) electrons. The summed E-state index contributed by atoms with van der Waals surface area (Å²) in [6.45, 7) is 6.26. The summed E-state index contributed by atoms with van der Waals surface area (Å²) in [6, 6.07) is 0. The zero-order valence-corrected chi connectivity index (χ0v) is 14.8. The van der Waals surface area contributed by atoms with Crippen molar-refractivity contribution in [3.05, 3.63) is 16.1 Å². The normalized spacial score (nSPS) is 19.2. The van der Waals surface area contributed by atoms with Crippen molar-refractivity contribution in [3.63, 3.8) is 0 Å². The van der Waals surface area contributed by atoms with Crippen molar-refractivity contribution in [1.82, 2.24) is 15.6 Å². The van der Waals surface area contributed by atoms with Gasteiger partial charge in [0.25, 0.3) is 0 Å². The van der Waals surface area contributed by atoms with Crippen LogP contribution in [0.4, 0.5) is 0 Å². The third-order valence-electron chi connectivity index (χ3n) is 3.36. The molecule has 0 saturated carbocycles. The molecule has 2 N–H and O–H groups in total. The van der Waals surface area contributed by atoms with Crippen LogP contribution in [0.3, 0.4) is 0 Å². The number of guanidine groups is 1. The number of hydrogen-bond donors (Lipinski definition) is 2. The highest BCUT2D eigenvalue weighted by Gasteiger charge is 2.15. The number of thiazole rings is 1. The lowest BCUT2D eigenvalue weighted by atomic mass is 10.1. The Labute approximate surface area is 136 Å². The predicted molar refractivity (Wildman–Crippen MR) is 94.3 cm³/mol. The van der Waals surface area contributed by atoms with Crippen molar-refractivity contribution in [2.75, 3.05) is 19.3 Å². The number of rotatable bonds is 6. The minimum atomic E-state index is 0.662. The van der Waals surface area contributed by atoms with Crippen LogP contribution in [0.2, 0.25) is 0 Å². The summed E-state index contributed by atoms with van der Waals surface area (Å²) in [5.41, 5.74) is 0. The zero-order chi connectivity index (χ0) is 15.1. The Kier molecular flexibility index (Phi) is 6.83. The number of thioether (sulfide) groups is 1. The Balaban J connectivity index is 1.73. The molecule has 6 heteroatoms. The van der Waals surface area contributed by atoms with Crippen LogP contribution in [0.25, 0.3) is 0 Å². The smallest absolute Gasteiger partial charge is 0.191 e. The molecule has 0 amide bonds. The highest BCUT2D eigenvalue weighted by Crippen LogP contribution is 2.25. The third kappa shape index (κ3) is 5.87. The molecule has 2 heterocycles. The Morgan fingerprint density at radius 2 is 2.33 bits per heavy atom. The molecular weight excluding hydrogens is 300 g/mol. The molecule has 0 spiro atoms. The van der Waals surface area contributed by atoms with E-state index in [2.05, 4.69) is 46.2 Å². The Hall–Kier alpha value is -0.750. The molecule has 1 fully saturated rings. The fraction of sp³-hybridized carbons (Fsp3) is 0.733. The van der Waals surface area contributed by atoms with Crippen LogP contribution in [-0.2, 0) is 13.0 Å². The van der Waals surface area contributed by atoms with Crippen molar-refractivity contribution < 1.29 is 0 Å². The van der Waals surface area contributed by atoms with Crippen molar-refractivity contribution in [2.45, 2.75) is 44.9 Å². The molecule has 1 aromatic rings. The number of nitrogens with zero attached hydrogens (tertiary/aromatic N) is 2. The summed E-state index contributed by atoms with van der Waals surface area (Å²) in [7, 11) is 1.83. The average molecular weight is 327 g/mol. The second-order valence-electron chi connectivity index (χ2n) is 5.76. The first kappa shape index (κ1) is 16.6. The first-order valence-corrected chi connectivity index (χ1v) is 9.53. The zero-order valence-electron chi connectivity index (χ0n) is 13.2. The maximum atomic E-state index is 4.48. The largest absolute Gasteiger partial charge is 0.355 e. The molecule has 2 rings (SSSR count). The lowest BCUT2D eigenvalue weighted by molar-refractivity contribution is 0.644. The highest BCUT2D eigenvalue weighted by atomic mass is 32.2. The van der Waals surface area contributed by atoms with Gasteiger partial charge in [0.2, 0.25) is 0 Å². The summed E-state index contributed by atoms with van der Waals surface area (Å²) >= 11 is 3.86. The van der Waals surface area contributed by atoms with E-state index < -0.39 is 0 Å². The standard InChI is InChI=1S/C15H26N4S2/c1-11(2)7-14-17-9-13(21-14)10-19-15(16-3)18-8-12-5-4-6-20-12/h9,11-12H,4-8,10H2,1-3H3,(H2,16,18,19). The number of aliphatic imine (C=N–C) groups is 1. The number of hydrogen-bond acceptors (Lipinski definition) is 4. The van der Waals surface area contributed by atoms with Gasteiger partial charge < -0.3 is 10.6 Å². The molecule has 4 nitrogen and oxygen atoms in total. The van der Waals surface area contributed by atoms with Crippen molar-refractivity contribution in [1.29, 1.82) is 0 Å². The van der Waals surface area contributed by atoms with Gasteiger partial charge >= 0.3 is 0 Å². The fourth-order valence-electron chi connectivity index (χ4n) is 2.28. The summed E-state index contributed by atoms with van der Waals surface area (Å²) in [4.78, 5) is 10.0. The second kappa shape index (κ2) is 8.63. The van der Waals surface area contributed by atoms with Crippen molar-refractivity contribution in [2.24, 2.45) is 10.9 Å². The molecule has 0 aromatic carbocycles. The topological polar surface area (TPSA) is 49.3 Å². The molecule has 0 aliphatic carbocycles. The summed E-state index contributed by atoms with van der Waals surface area (Å²) in [5.74, 6) is 2.86. The summed E-state index contributed by atoms with van der Waals surface area (Å²) < 4.78 is 0. The Bertz CT molecular complexity index is 450. The maximum Gasteiger partial charge on any atom is 0.191 e. The van der Waals surface area contributed by atoms with E-state index in [0.717, 1.165) is 30.7 Å². The van der Waals surface area contributed by atoms with Gasteiger partial charge in [-0.05, 0) is 24.5 Å². The first-order valence-electron chi connectivity index (χ1n) is 7.67. The van der Waals surface area contributed by atoms with Gasteiger partial charge in [0.15, 0.2) is 5.96 Å². The van der Waals surface area contributed by atoms with E-state index in [0.29, 0.717) is 5.92 Å². The van der Waals surface area contributed by atoms with Crippen molar-refractivity contribution >= 4 is 29.1 Å². The quantitative estimate of drug-likeness (QED) is 0.623. The minimum Gasteiger partial charge on any atom is -0.355 e. The molecule has 1 aliphatic heterocycles. The molecule has 1 aromatic heterocycles. The van der Waals surface area contributed by atoms with Gasteiger partial charge in [0.05, 0.1) is 11.6 Å². The first-order chi connectivity index (χ1) is 10.2. The number of nitrogens with one attached hydrogen (secondary N) is 2. The second-order valence-corrected chi connectivity index (χ2v) is 8.37. The van der Waals surface area contributed by atoms with E-state index in [1.54, 1.807) is 11.3 Å². The Morgan fingerprint density at radius 1 is 1.48 bits per heavy atom. The average Bonchev–Trinajstić information content (AvgIpc) is 3.10. The van der Waals surface area contributed by atoms with Gasteiger partial charge in [-0.15, -0.1) is 11.3 Å².